The van der Waals surface area contributed by atoms with Gasteiger partial charge in [-0.3, -0.25) is 0 Å². The number of hydrogen-bond donors (Lipinski definition) is 1. The fourth-order valence-corrected chi connectivity index (χ4v) is 1.24. The van der Waals surface area contributed by atoms with E-state index >= 15 is 0 Å². The first-order valence-corrected chi connectivity index (χ1v) is 4.41. The quantitative estimate of drug-likeness (QED) is 0.785. The number of hydrogen-bond acceptors (Lipinski definition) is 4. The summed E-state index contributed by atoms with van der Waals surface area (Å²) < 4.78 is 5.05. The van der Waals surface area contributed by atoms with Crippen LogP contribution < -0.4 is 5.73 Å². The van der Waals surface area contributed by atoms with Gasteiger partial charge < -0.3 is 10.2 Å². The summed E-state index contributed by atoms with van der Waals surface area (Å²) in [5, 5.41) is 7.43. The van der Waals surface area contributed by atoms with Crippen molar-refractivity contribution in [3.05, 3.63) is 47.7 Å². The standard InChI is InChI=1S/C10H11N3O/c11-6-9-3-1-8(2-4-9)5-10-13-12-7-14-10/h1-4,7H,5-6,11H2. The molecule has 0 unspecified atom stereocenters. The molecule has 4 nitrogen and oxygen atoms in total. The van der Waals surface area contributed by atoms with Crippen LogP contribution in [0.1, 0.15) is 17.0 Å². The second-order valence-corrected chi connectivity index (χ2v) is 3.03. The third-order valence-electron chi connectivity index (χ3n) is 2.02. The number of benzene rings is 1. The summed E-state index contributed by atoms with van der Waals surface area (Å²) in [5.41, 5.74) is 7.76. The first-order valence-electron chi connectivity index (χ1n) is 4.41. The second-order valence-electron chi connectivity index (χ2n) is 3.03. The zero-order valence-electron chi connectivity index (χ0n) is 7.68. The summed E-state index contributed by atoms with van der Waals surface area (Å²) >= 11 is 0. The minimum Gasteiger partial charge on any atom is -0.428 e. The maximum atomic E-state index is 5.50. The molecule has 0 bridgehead atoms. The minimum absolute atomic E-state index is 0.570. The maximum absolute atomic E-state index is 5.50. The summed E-state index contributed by atoms with van der Waals surface area (Å²) in [4.78, 5) is 0. The molecule has 0 aliphatic heterocycles. The Kier molecular flexibility index (Phi) is 2.55. The van der Waals surface area contributed by atoms with E-state index in [9.17, 15) is 0 Å². The van der Waals surface area contributed by atoms with E-state index in [1.54, 1.807) is 0 Å². The predicted octanol–water partition coefficient (Wildman–Crippen LogP) is 1.12. The second kappa shape index (κ2) is 4.02. The van der Waals surface area contributed by atoms with Crippen LogP contribution in [0.5, 0.6) is 0 Å². The largest absolute Gasteiger partial charge is 0.428 e. The van der Waals surface area contributed by atoms with Gasteiger partial charge in [-0.25, -0.2) is 0 Å². The molecule has 0 aliphatic carbocycles. The predicted molar refractivity (Wildman–Crippen MR) is 51.4 cm³/mol. The lowest BCUT2D eigenvalue weighted by Gasteiger charge is -1.99. The molecule has 0 atom stereocenters. The lowest BCUT2D eigenvalue weighted by molar-refractivity contribution is 0.505. The third kappa shape index (κ3) is 1.97. The Bertz CT molecular complexity index is 380. The molecular formula is C10H11N3O. The smallest absolute Gasteiger partial charge is 0.220 e. The highest BCUT2D eigenvalue weighted by Crippen LogP contribution is 2.08. The SMILES string of the molecule is NCc1ccc(Cc2nnco2)cc1. The molecule has 4 heteroatoms. The molecule has 1 aromatic heterocycles. The number of nitrogens with zero attached hydrogens (tertiary/aromatic N) is 2. The van der Waals surface area contributed by atoms with E-state index in [0.717, 1.165) is 11.1 Å². The van der Waals surface area contributed by atoms with Crippen molar-refractivity contribution >= 4 is 0 Å². The molecule has 0 aliphatic rings. The lowest BCUT2D eigenvalue weighted by Crippen LogP contribution is -1.96. The highest BCUT2D eigenvalue weighted by Gasteiger charge is 2.00. The Morgan fingerprint density at radius 2 is 1.86 bits per heavy atom. The van der Waals surface area contributed by atoms with Crippen LogP contribution in [0.3, 0.4) is 0 Å². The van der Waals surface area contributed by atoms with Crippen LogP contribution in [0, 0.1) is 0 Å². The third-order valence-corrected chi connectivity index (χ3v) is 2.02. The highest BCUT2D eigenvalue weighted by atomic mass is 16.4. The molecule has 0 radical (unpaired) electrons. The van der Waals surface area contributed by atoms with Crippen molar-refractivity contribution in [3.8, 4) is 0 Å². The van der Waals surface area contributed by atoms with E-state index in [1.807, 2.05) is 24.3 Å². The van der Waals surface area contributed by atoms with Crippen LogP contribution in [-0.2, 0) is 13.0 Å². The lowest BCUT2D eigenvalue weighted by atomic mass is 10.1. The van der Waals surface area contributed by atoms with Crippen LogP contribution in [0.15, 0.2) is 35.1 Å². The number of rotatable bonds is 3. The van der Waals surface area contributed by atoms with Crippen LogP contribution in [0.4, 0.5) is 0 Å². The molecule has 0 saturated heterocycles. The average molecular weight is 189 g/mol. The normalized spacial score (nSPS) is 10.4. The number of aromatic nitrogens is 2. The monoisotopic (exact) mass is 189 g/mol. The Balaban J connectivity index is 2.10. The van der Waals surface area contributed by atoms with Gasteiger partial charge in [-0.15, -0.1) is 10.2 Å². The molecular weight excluding hydrogens is 178 g/mol. The Labute approximate surface area is 81.8 Å². The van der Waals surface area contributed by atoms with E-state index in [0.29, 0.717) is 18.9 Å². The molecule has 1 aromatic carbocycles. The van der Waals surface area contributed by atoms with E-state index in [4.69, 9.17) is 10.2 Å². The fourth-order valence-electron chi connectivity index (χ4n) is 1.24. The van der Waals surface area contributed by atoms with Crippen LogP contribution in [-0.4, -0.2) is 10.2 Å². The van der Waals surface area contributed by atoms with E-state index < -0.39 is 0 Å². The van der Waals surface area contributed by atoms with Gasteiger partial charge in [-0.05, 0) is 11.1 Å². The molecule has 0 fully saturated rings. The van der Waals surface area contributed by atoms with Gasteiger partial charge in [0, 0.05) is 6.54 Å². The zero-order chi connectivity index (χ0) is 9.80. The van der Waals surface area contributed by atoms with E-state index in [-0.39, 0.29) is 0 Å². The van der Waals surface area contributed by atoms with E-state index in [1.165, 1.54) is 6.39 Å². The van der Waals surface area contributed by atoms with Gasteiger partial charge in [0.15, 0.2) is 0 Å². The molecule has 14 heavy (non-hydrogen) atoms. The summed E-state index contributed by atoms with van der Waals surface area (Å²) in [5.74, 6) is 0.630. The highest BCUT2D eigenvalue weighted by molar-refractivity contribution is 5.24. The topological polar surface area (TPSA) is 64.9 Å². The van der Waals surface area contributed by atoms with Gasteiger partial charge in [0.25, 0.3) is 0 Å². The maximum Gasteiger partial charge on any atom is 0.220 e. The van der Waals surface area contributed by atoms with Crippen molar-refractivity contribution in [3.63, 3.8) is 0 Å². The minimum atomic E-state index is 0.570. The van der Waals surface area contributed by atoms with Crippen LogP contribution in [0.2, 0.25) is 0 Å². The van der Waals surface area contributed by atoms with Crippen molar-refractivity contribution in [1.29, 1.82) is 0 Å². The first kappa shape index (κ1) is 8.90. The van der Waals surface area contributed by atoms with Crippen molar-refractivity contribution in [1.82, 2.24) is 10.2 Å². The molecule has 72 valence electrons. The van der Waals surface area contributed by atoms with Gasteiger partial charge in [0.05, 0.1) is 6.42 Å². The Morgan fingerprint density at radius 3 is 2.43 bits per heavy atom. The summed E-state index contributed by atoms with van der Waals surface area (Å²) in [6.45, 7) is 0.570. The van der Waals surface area contributed by atoms with Crippen molar-refractivity contribution in [2.45, 2.75) is 13.0 Å². The molecule has 2 aromatic rings. The molecule has 0 amide bonds. The van der Waals surface area contributed by atoms with Crippen LogP contribution >= 0.6 is 0 Å². The zero-order valence-corrected chi connectivity index (χ0v) is 7.68. The Morgan fingerprint density at radius 1 is 1.14 bits per heavy atom. The van der Waals surface area contributed by atoms with Gasteiger partial charge in [-0.1, -0.05) is 24.3 Å². The van der Waals surface area contributed by atoms with Gasteiger partial charge in [0.1, 0.15) is 0 Å². The van der Waals surface area contributed by atoms with Crippen molar-refractivity contribution < 1.29 is 4.42 Å². The summed E-state index contributed by atoms with van der Waals surface area (Å²) in [7, 11) is 0. The Hall–Kier alpha value is -1.68. The molecule has 2 N–H and O–H groups in total. The van der Waals surface area contributed by atoms with Crippen LogP contribution in [0.25, 0.3) is 0 Å². The summed E-state index contributed by atoms with van der Waals surface area (Å²) in [6.07, 6.45) is 2.01. The van der Waals surface area contributed by atoms with Gasteiger partial charge in [-0.2, -0.15) is 0 Å². The first-order chi connectivity index (χ1) is 6.88. The van der Waals surface area contributed by atoms with Crippen molar-refractivity contribution in [2.24, 2.45) is 5.73 Å². The molecule has 1 heterocycles. The van der Waals surface area contributed by atoms with E-state index in [2.05, 4.69) is 10.2 Å². The van der Waals surface area contributed by atoms with Gasteiger partial charge >= 0.3 is 0 Å². The van der Waals surface area contributed by atoms with Crippen molar-refractivity contribution in [2.75, 3.05) is 0 Å². The fraction of sp³-hybridized carbons (Fsp3) is 0.200. The molecule has 2 rings (SSSR count). The number of nitrogens with two attached hydrogens (primary N) is 1. The molecule has 0 saturated carbocycles. The van der Waals surface area contributed by atoms with Gasteiger partial charge in [0.2, 0.25) is 12.3 Å². The summed E-state index contributed by atoms with van der Waals surface area (Å²) in [6, 6.07) is 8.05. The molecule has 0 spiro atoms. The average Bonchev–Trinajstić information content (AvgIpc) is 2.72.